The molecule has 3 N–H and O–H groups in total. The van der Waals surface area contributed by atoms with Crippen molar-refractivity contribution in [3.8, 4) is 0 Å². The quantitative estimate of drug-likeness (QED) is 0.870. The molecule has 4 nitrogen and oxygen atoms in total. The average Bonchev–Trinajstić information content (AvgIpc) is 2.97. The van der Waals surface area contributed by atoms with E-state index in [0.29, 0.717) is 0 Å². The SMILES string of the molecule is Cl.NC(C(=O)N1CCCC1)C(O)c1ccsc1. The third-order valence-electron chi connectivity index (χ3n) is 2.93. The van der Waals surface area contributed by atoms with E-state index in [0.717, 1.165) is 31.5 Å². The van der Waals surface area contributed by atoms with Gasteiger partial charge in [-0.05, 0) is 35.2 Å². The summed E-state index contributed by atoms with van der Waals surface area (Å²) in [6, 6.07) is 0.958. The second-order valence-corrected chi connectivity index (χ2v) is 4.84. The van der Waals surface area contributed by atoms with Gasteiger partial charge in [-0.15, -0.1) is 12.4 Å². The summed E-state index contributed by atoms with van der Waals surface area (Å²) >= 11 is 1.49. The Bertz CT molecular complexity index is 352. The number of hydrogen-bond acceptors (Lipinski definition) is 4. The van der Waals surface area contributed by atoms with Gasteiger partial charge in [0.15, 0.2) is 0 Å². The Hall–Kier alpha value is -0.620. The van der Waals surface area contributed by atoms with Crippen LogP contribution in [0.3, 0.4) is 0 Å². The van der Waals surface area contributed by atoms with Gasteiger partial charge in [-0.1, -0.05) is 0 Å². The summed E-state index contributed by atoms with van der Waals surface area (Å²) in [7, 11) is 0. The third kappa shape index (κ3) is 3.19. The molecule has 0 spiro atoms. The minimum atomic E-state index is -0.889. The van der Waals surface area contributed by atoms with Gasteiger partial charge in [0.05, 0.1) is 0 Å². The molecule has 1 aliphatic heterocycles. The molecule has 0 aliphatic carbocycles. The highest BCUT2D eigenvalue weighted by Gasteiger charge is 2.29. The van der Waals surface area contributed by atoms with Gasteiger partial charge in [0.2, 0.25) is 5.91 Å². The predicted octanol–water partition coefficient (Wildman–Crippen LogP) is 1.15. The topological polar surface area (TPSA) is 66.6 Å². The molecule has 1 aromatic heterocycles. The van der Waals surface area contributed by atoms with Crippen molar-refractivity contribution in [2.75, 3.05) is 13.1 Å². The molecule has 2 rings (SSSR count). The van der Waals surface area contributed by atoms with Gasteiger partial charge in [-0.3, -0.25) is 4.79 Å². The van der Waals surface area contributed by atoms with Crippen LogP contribution in [0.5, 0.6) is 0 Å². The van der Waals surface area contributed by atoms with Crippen molar-refractivity contribution in [2.45, 2.75) is 25.0 Å². The van der Waals surface area contributed by atoms with E-state index in [1.54, 1.807) is 11.0 Å². The van der Waals surface area contributed by atoms with E-state index in [4.69, 9.17) is 5.73 Å². The van der Waals surface area contributed by atoms with Gasteiger partial charge < -0.3 is 15.7 Å². The number of halogens is 1. The van der Waals surface area contributed by atoms with Crippen LogP contribution >= 0.6 is 23.7 Å². The van der Waals surface area contributed by atoms with Crippen molar-refractivity contribution in [1.29, 1.82) is 0 Å². The van der Waals surface area contributed by atoms with Crippen molar-refractivity contribution in [3.05, 3.63) is 22.4 Å². The van der Waals surface area contributed by atoms with Crippen LogP contribution in [0.2, 0.25) is 0 Å². The van der Waals surface area contributed by atoms with Crippen molar-refractivity contribution in [3.63, 3.8) is 0 Å². The molecule has 0 aromatic carbocycles. The lowest BCUT2D eigenvalue weighted by atomic mass is 10.1. The standard InChI is InChI=1S/C11H16N2O2S.ClH/c12-9(10(14)8-3-6-16-7-8)11(15)13-4-1-2-5-13;/h3,6-7,9-10,14H,1-2,4-5,12H2;1H. The van der Waals surface area contributed by atoms with E-state index in [9.17, 15) is 9.90 Å². The number of thiophene rings is 1. The lowest BCUT2D eigenvalue weighted by Gasteiger charge is -2.23. The van der Waals surface area contributed by atoms with Gasteiger partial charge >= 0.3 is 0 Å². The zero-order valence-corrected chi connectivity index (χ0v) is 11.0. The van der Waals surface area contributed by atoms with Gasteiger partial charge in [-0.25, -0.2) is 0 Å². The summed E-state index contributed by atoms with van der Waals surface area (Å²) in [5.74, 6) is -0.142. The highest BCUT2D eigenvalue weighted by molar-refractivity contribution is 7.07. The van der Waals surface area contributed by atoms with Gasteiger partial charge in [0, 0.05) is 13.1 Å². The Morgan fingerprint density at radius 1 is 1.47 bits per heavy atom. The van der Waals surface area contributed by atoms with Crippen LogP contribution in [0.4, 0.5) is 0 Å². The number of hydrogen-bond donors (Lipinski definition) is 2. The van der Waals surface area contributed by atoms with Crippen LogP contribution in [0.15, 0.2) is 16.8 Å². The zero-order valence-electron chi connectivity index (χ0n) is 9.41. The van der Waals surface area contributed by atoms with Crippen LogP contribution in [0, 0.1) is 0 Å². The van der Waals surface area contributed by atoms with Crippen molar-refractivity contribution >= 4 is 29.7 Å². The van der Waals surface area contributed by atoms with E-state index in [1.165, 1.54) is 11.3 Å². The smallest absolute Gasteiger partial charge is 0.242 e. The second-order valence-electron chi connectivity index (χ2n) is 4.06. The highest BCUT2D eigenvalue weighted by atomic mass is 35.5. The molecule has 96 valence electrons. The first-order valence-electron chi connectivity index (χ1n) is 5.44. The summed E-state index contributed by atoms with van der Waals surface area (Å²) in [6.45, 7) is 1.53. The van der Waals surface area contributed by atoms with Gasteiger partial charge in [0.25, 0.3) is 0 Å². The number of aliphatic hydroxyl groups is 1. The number of rotatable bonds is 3. The second kappa shape index (κ2) is 6.35. The Balaban J connectivity index is 0.00000144. The van der Waals surface area contributed by atoms with Crippen LogP contribution in [0.1, 0.15) is 24.5 Å². The van der Waals surface area contributed by atoms with Crippen molar-refractivity contribution in [2.24, 2.45) is 5.73 Å². The van der Waals surface area contributed by atoms with Crippen LogP contribution in [-0.4, -0.2) is 35.0 Å². The van der Waals surface area contributed by atoms with Crippen molar-refractivity contribution in [1.82, 2.24) is 4.90 Å². The maximum Gasteiger partial charge on any atom is 0.242 e. The first kappa shape index (κ1) is 14.4. The first-order valence-corrected chi connectivity index (χ1v) is 6.39. The monoisotopic (exact) mass is 276 g/mol. The molecule has 2 atom stereocenters. The van der Waals surface area contributed by atoms with Crippen molar-refractivity contribution < 1.29 is 9.90 Å². The molecule has 1 amide bonds. The average molecular weight is 277 g/mol. The van der Waals surface area contributed by atoms with Gasteiger partial charge in [0.1, 0.15) is 12.1 Å². The summed E-state index contributed by atoms with van der Waals surface area (Å²) in [5.41, 5.74) is 6.52. The number of carbonyl (C=O) groups is 1. The van der Waals surface area contributed by atoms with E-state index in [2.05, 4.69) is 0 Å². The molecule has 0 radical (unpaired) electrons. The largest absolute Gasteiger partial charge is 0.386 e. The Kier molecular flexibility index (Phi) is 5.39. The normalized spacial score (nSPS) is 18.6. The lowest BCUT2D eigenvalue weighted by molar-refractivity contribution is -0.134. The number of amides is 1. The van der Waals surface area contributed by atoms with Gasteiger partial charge in [-0.2, -0.15) is 11.3 Å². The molecule has 17 heavy (non-hydrogen) atoms. The Labute approximate surface area is 111 Å². The maximum absolute atomic E-state index is 11.9. The number of aliphatic hydroxyl groups excluding tert-OH is 1. The molecular formula is C11H17ClN2O2S. The highest BCUT2D eigenvalue weighted by Crippen LogP contribution is 2.20. The summed E-state index contributed by atoms with van der Waals surface area (Å²) in [4.78, 5) is 13.7. The van der Waals surface area contributed by atoms with E-state index < -0.39 is 12.1 Å². The molecule has 1 aliphatic rings. The number of carbonyl (C=O) groups excluding carboxylic acids is 1. The maximum atomic E-state index is 11.9. The summed E-state index contributed by atoms with van der Waals surface area (Å²) in [5, 5.41) is 13.6. The van der Waals surface area contributed by atoms with E-state index >= 15 is 0 Å². The molecule has 1 aromatic rings. The molecule has 2 heterocycles. The molecular weight excluding hydrogens is 260 g/mol. The third-order valence-corrected chi connectivity index (χ3v) is 3.63. The summed E-state index contributed by atoms with van der Waals surface area (Å²) in [6.07, 6.45) is 1.18. The lowest BCUT2D eigenvalue weighted by Crippen LogP contribution is -2.45. The first-order chi connectivity index (χ1) is 7.70. The Morgan fingerprint density at radius 3 is 2.65 bits per heavy atom. The fourth-order valence-electron chi connectivity index (χ4n) is 1.93. The number of nitrogens with zero attached hydrogens (tertiary/aromatic N) is 1. The van der Waals surface area contributed by atoms with E-state index in [-0.39, 0.29) is 18.3 Å². The molecule has 1 fully saturated rings. The molecule has 2 unspecified atom stereocenters. The minimum absolute atomic E-state index is 0. The fourth-order valence-corrected chi connectivity index (χ4v) is 2.62. The molecule has 0 bridgehead atoms. The van der Waals surface area contributed by atoms with E-state index in [1.807, 2.05) is 10.8 Å². The minimum Gasteiger partial charge on any atom is -0.386 e. The molecule has 6 heteroatoms. The van der Waals surface area contributed by atoms with Crippen LogP contribution in [-0.2, 0) is 4.79 Å². The predicted molar refractivity (Wildman–Crippen MR) is 70.3 cm³/mol. The van der Waals surface area contributed by atoms with Crippen LogP contribution < -0.4 is 5.73 Å². The Morgan fingerprint density at radius 2 is 2.12 bits per heavy atom. The number of nitrogens with two attached hydrogens (primary N) is 1. The molecule has 1 saturated heterocycles. The molecule has 0 saturated carbocycles. The summed E-state index contributed by atoms with van der Waals surface area (Å²) < 4.78 is 0. The number of likely N-dealkylation sites (tertiary alicyclic amines) is 1. The fraction of sp³-hybridized carbons (Fsp3) is 0.545. The van der Waals surface area contributed by atoms with Crippen LogP contribution in [0.25, 0.3) is 0 Å². The zero-order chi connectivity index (χ0) is 11.5.